The molecule has 0 spiro atoms. The molecule has 7 heteroatoms. The van der Waals surface area contributed by atoms with E-state index < -0.39 is 23.8 Å². The fraction of sp³-hybridized carbons (Fsp3) is 0.375. The van der Waals surface area contributed by atoms with Gasteiger partial charge in [0.25, 0.3) is 11.8 Å². The molecule has 0 saturated carbocycles. The summed E-state index contributed by atoms with van der Waals surface area (Å²) in [6, 6.07) is 2.62. The molecule has 3 aliphatic heterocycles. The molecule has 0 aliphatic carbocycles. The van der Waals surface area contributed by atoms with Gasteiger partial charge in [-0.25, -0.2) is 0 Å². The summed E-state index contributed by atoms with van der Waals surface area (Å²) in [5.41, 5.74) is 2.79. The van der Waals surface area contributed by atoms with Crippen LogP contribution in [-0.2, 0) is 22.6 Å². The van der Waals surface area contributed by atoms with Crippen molar-refractivity contribution in [2.24, 2.45) is 0 Å². The molecule has 0 unspecified atom stereocenters. The van der Waals surface area contributed by atoms with Crippen molar-refractivity contribution in [1.82, 2.24) is 15.5 Å². The van der Waals surface area contributed by atoms with Crippen molar-refractivity contribution in [3.05, 3.63) is 34.4 Å². The van der Waals surface area contributed by atoms with Crippen LogP contribution in [0.1, 0.15) is 44.7 Å². The molecular formula is C16H15N3O4. The summed E-state index contributed by atoms with van der Waals surface area (Å²) in [5.74, 6) is -1.85. The number of nitrogens with zero attached hydrogens (tertiary/aromatic N) is 1. The molecule has 1 atom stereocenters. The summed E-state index contributed by atoms with van der Waals surface area (Å²) in [6.07, 6.45) is 1.12. The van der Waals surface area contributed by atoms with Crippen LogP contribution in [0, 0.1) is 0 Å². The van der Waals surface area contributed by atoms with Crippen LogP contribution in [0.15, 0.2) is 12.1 Å². The fourth-order valence-corrected chi connectivity index (χ4v) is 3.45. The van der Waals surface area contributed by atoms with Crippen LogP contribution in [0.3, 0.4) is 0 Å². The predicted molar refractivity (Wildman–Crippen MR) is 78.5 cm³/mol. The molecule has 2 N–H and O–H groups in total. The summed E-state index contributed by atoms with van der Waals surface area (Å²) < 4.78 is 0. The highest BCUT2D eigenvalue weighted by molar-refractivity contribution is 6.23. The summed E-state index contributed by atoms with van der Waals surface area (Å²) in [4.78, 5) is 49.6. The summed E-state index contributed by atoms with van der Waals surface area (Å²) in [6.45, 7) is 1.51. The van der Waals surface area contributed by atoms with E-state index in [4.69, 9.17) is 0 Å². The molecule has 0 radical (unpaired) electrons. The number of hydrogen-bond donors (Lipinski definition) is 2. The van der Waals surface area contributed by atoms with Crippen LogP contribution in [0.5, 0.6) is 0 Å². The number of rotatable bonds is 1. The summed E-state index contributed by atoms with van der Waals surface area (Å²) in [5, 5.41) is 5.43. The van der Waals surface area contributed by atoms with E-state index in [-0.39, 0.29) is 18.7 Å². The lowest BCUT2D eigenvalue weighted by Gasteiger charge is -2.27. The number of carbonyl (C=O) groups is 4. The number of nitrogens with one attached hydrogen (secondary N) is 2. The Bertz CT molecular complexity index is 726. The third-order valence-electron chi connectivity index (χ3n) is 4.65. The molecule has 3 heterocycles. The first-order chi connectivity index (χ1) is 11.1. The van der Waals surface area contributed by atoms with Gasteiger partial charge in [-0.05, 0) is 42.6 Å². The molecule has 118 valence electrons. The van der Waals surface area contributed by atoms with E-state index in [1.807, 2.05) is 0 Å². The summed E-state index contributed by atoms with van der Waals surface area (Å²) in [7, 11) is 0. The zero-order valence-corrected chi connectivity index (χ0v) is 12.3. The Kier molecular flexibility index (Phi) is 3.05. The largest absolute Gasteiger partial charge is 0.312 e. The first kappa shape index (κ1) is 14.1. The maximum absolute atomic E-state index is 12.6. The highest BCUT2D eigenvalue weighted by Crippen LogP contribution is 2.30. The zero-order valence-electron chi connectivity index (χ0n) is 12.3. The van der Waals surface area contributed by atoms with Crippen molar-refractivity contribution in [2.45, 2.75) is 31.8 Å². The zero-order chi connectivity index (χ0) is 16.1. The molecule has 7 nitrogen and oxygen atoms in total. The van der Waals surface area contributed by atoms with E-state index in [2.05, 4.69) is 10.6 Å². The van der Waals surface area contributed by atoms with Gasteiger partial charge in [-0.1, -0.05) is 0 Å². The van der Waals surface area contributed by atoms with Crippen molar-refractivity contribution in [3.63, 3.8) is 0 Å². The Labute approximate surface area is 132 Å². The van der Waals surface area contributed by atoms with Crippen molar-refractivity contribution in [3.8, 4) is 0 Å². The van der Waals surface area contributed by atoms with Gasteiger partial charge in [-0.3, -0.25) is 29.4 Å². The van der Waals surface area contributed by atoms with E-state index in [0.29, 0.717) is 17.7 Å². The standard InChI is InChI=1S/C16H15N3O4/c20-13-2-1-12(14(21)18-13)19-15(22)10-5-8-3-4-17-7-9(8)6-11(10)16(19)23/h5-6,12,17H,1-4,7H2,(H,18,20,21)/t12-/m1/s1. The van der Waals surface area contributed by atoms with Crippen LogP contribution in [-0.4, -0.2) is 41.1 Å². The molecule has 4 amide bonds. The smallest absolute Gasteiger partial charge is 0.262 e. The second-order valence-electron chi connectivity index (χ2n) is 6.04. The van der Waals surface area contributed by atoms with Gasteiger partial charge in [0.15, 0.2) is 0 Å². The normalized spacial score (nSPS) is 23.7. The first-order valence-corrected chi connectivity index (χ1v) is 7.64. The van der Waals surface area contributed by atoms with E-state index in [1.54, 1.807) is 12.1 Å². The molecule has 1 fully saturated rings. The van der Waals surface area contributed by atoms with Gasteiger partial charge >= 0.3 is 0 Å². The Balaban J connectivity index is 1.72. The van der Waals surface area contributed by atoms with Gasteiger partial charge in [0, 0.05) is 13.0 Å². The molecule has 3 aliphatic rings. The van der Waals surface area contributed by atoms with Gasteiger partial charge in [-0.2, -0.15) is 0 Å². The van der Waals surface area contributed by atoms with Gasteiger partial charge in [0.1, 0.15) is 6.04 Å². The van der Waals surface area contributed by atoms with Crippen LogP contribution in [0.4, 0.5) is 0 Å². The number of fused-ring (bicyclic) bond motifs is 2. The lowest BCUT2D eigenvalue weighted by molar-refractivity contribution is -0.136. The van der Waals surface area contributed by atoms with Gasteiger partial charge in [-0.15, -0.1) is 0 Å². The highest BCUT2D eigenvalue weighted by Gasteiger charge is 2.44. The molecule has 23 heavy (non-hydrogen) atoms. The van der Waals surface area contributed by atoms with E-state index in [0.717, 1.165) is 29.0 Å². The molecule has 1 aromatic rings. The minimum absolute atomic E-state index is 0.129. The quantitative estimate of drug-likeness (QED) is 0.696. The van der Waals surface area contributed by atoms with Gasteiger partial charge in [0.05, 0.1) is 11.1 Å². The minimum atomic E-state index is -0.907. The van der Waals surface area contributed by atoms with Gasteiger partial charge < -0.3 is 5.32 Å². The Morgan fingerprint density at radius 3 is 2.35 bits per heavy atom. The van der Waals surface area contributed by atoms with Gasteiger partial charge in [0.2, 0.25) is 11.8 Å². The third-order valence-corrected chi connectivity index (χ3v) is 4.65. The third kappa shape index (κ3) is 2.08. The number of benzene rings is 1. The van der Waals surface area contributed by atoms with Crippen molar-refractivity contribution >= 4 is 23.6 Å². The molecule has 0 aromatic heterocycles. The minimum Gasteiger partial charge on any atom is -0.312 e. The second-order valence-corrected chi connectivity index (χ2v) is 6.04. The average molecular weight is 313 g/mol. The monoisotopic (exact) mass is 313 g/mol. The van der Waals surface area contributed by atoms with Crippen molar-refractivity contribution in [1.29, 1.82) is 0 Å². The second kappa shape index (κ2) is 4.99. The highest BCUT2D eigenvalue weighted by atomic mass is 16.2. The van der Waals surface area contributed by atoms with Crippen LogP contribution < -0.4 is 10.6 Å². The number of carbonyl (C=O) groups excluding carboxylic acids is 4. The number of hydrogen-bond acceptors (Lipinski definition) is 5. The molecule has 1 saturated heterocycles. The SMILES string of the molecule is O=C1CC[C@@H](N2C(=O)c3cc4c(cc3C2=O)CNCC4)C(=O)N1. The Morgan fingerprint density at radius 2 is 1.65 bits per heavy atom. The molecule has 0 bridgehead atoms. The number of piperidine rings is 1. The Morgan fingerprint density at radius 1 is 0.957 bits per heavy atom. The van der Waals surface area contributed by atoms with Crippen LogP contribution in [0.25, 0.3) is 0 Å². The lowest BCUT2D eigenvalue weighted by atomic mass is 9.95. The van der Waals surface area contributed by atoms with Crippen molar-refractivity contribution in [2.75, 3.05) is 6.54 Å². The average Bonchev–Trinajstić information content (AvgIpc) is 2.77. The molecule has 1 aromatic carbocycles. The van der Waals surface area contributed by atoms with E-state index in [9.17, 15) is 19.2 Å². The summed E-state index contributed by atoms with van der Waals surface area (Å²) >= 11 is 0. The fourth-order valence-electron chi connectivity index (χ4n) is 3.45. The lowest BCUT2D eigenvalue weighted by Crippen LogP contribution is -2.54. The van der Waals surface area contributed by atoms with E-state index >= 15 is 0 Å². The number of imide groups is 2. The maximum atomic E-state index is 12.6. The maximum Gasteiger partial charge on any atom is 0.262 e. The predicted octanol–water partition coefficient (Wildman–Crippen LogP) is -0.266. The molecular weight excluding hydrogens is 298 g/mol. The first-order valence-electron chi connectivity index (χ1n) is 7.64. The van der Waals surface area contributed by atoms with E-state index in [1.165, 1.54) is 0 Å². The van der Waals surface area contributed by atoms with Crippen LogP contribution >= 0.6 is 0 Å². The Hall–Kier alpha value is -2.54. The van der Waals surface area contributed by atoms with Crippen molar-refractivity contribution < 1.29 is 19.2 Å². The number of amides is 4. The topological polar surface area (TPSA) is 95.6 Å². The van der Waals surface area contributed by atoms with Crippen LogP contribution in [0.2, 0.25) is 0 Å². The molecule has 4 rings (SSSR count).